The van der Waals surface area contributed by atoms with Crippen molar-refractivity contribution in [2.75, 3.05) is 5.32 Å². The molecule has 3 N–H and O–H groups in total. The first kappa shape index (κ1) is 18.2. The normalized spacial score (nSPS) is 16.6. The van der Waals surface area contributed by atoms with Gasteiger partial charge in [0.2, 0.25) is 0 Å². The molecule has 0 saturated carbocycles. The quantitative estimate of drug-likeness (QED) is 0.420. The minimum Gasteiger partial charge on any atom is -0.370 e. The molecule has 0 unspecified atom stereocenters. The van der Waals surface area contributed by atoms with Gasteiger partial charge in [0.25, 0.3) is 0 Å². The molecule has 0 bridgehead atoms. The van der Waals surface area contributed by atoms with Gasteiger partial charge in [-0.3, -0.25) is 0 Å². The Morgan fingerprint density at radius 1 is 1.08 bits per heavy atom. The summed E-state index contributed by atoms with van der Waals surface area (Å²) in [6, 6.07) is 6.40. The number of nitrogens with one attached hydrogen (secondary N) is 1. The third-order valence-electron chi connectivity index (χ3n) is 5.09. The Morgan fingerprint density at radius 3 is 2.72 bits per heavy atom. The summed E-state index contributed by atoms with van der Waals surface area (Å²) in [4.78, 5) is 4.48. The molecule has 0 amide bonds. The number of guanidine groups is 1. The van der Waals surface area contributed by atoms with Crippen molar-refractivity contribution in [2.24, 2.45) is 10.7 Å². The number of nitrogens with zero attached hydrogens (tertiary/aromatic N) is 2. The molecule has 2 aliphatic rings. The molecule has 0 saturated heterocycles. The molecular formula is C19H25IN4O. The maximum atomic E-state index is 6.11. The molecule has 1 aromatic carbocycles. The van der Waals surface area contributed by atoms with Gasteiger partial charge in [-0.1, -0.05) is 17.3 Å². The number of aliphatic imine (C=N–C) groups is 1. The second-order valence-electron chi connectivity index (χ2n) is 6.71. The standard InChI is InChI=1S/C19H24N4O.HI/c20-19(21-12-17-15-9-3-4-11-18(15)24-23-17)22-16-10-5-7-13-6-1-2-8-14(13)16;/h5,7,10H,1-4,6,8-9,11-12H2,(H3,20,21,22);1H. The van der Waals surface area contributed by atoms with Crippen molar-refractivity contribution < 1.29 is 4.52 Å². The second-order valence-corrected chi connectivity index (χ2v) is 6.71. The van der Waals surface area contributed by atoms with Crippen molar-refractivity contribution in [3.8, 4) is 0 Å². The van der Waals surface area contributed by atoms with E-state index in [1.54, 1.807) is 0 Å². The molecule has 0 fully saturated rings. The summed E-state index contributed by atoms with van der Waals surface area (Å²) in [5.41, 5.74) is 12.2. The largest absolute Gasteiger partial charge is 0.370 e. The highest BCUT2D eigenvalue weighted by Crippen LogP contribution is 2.28. The SMILES string of the molecule is I.NC(=NCc1noc2c1CCCC2)Nc1cccc2c1CCCC2. The number of halogens is 1. The minimum atomic E-state index is 0. The predicted molar refractivity (Wildman–Crippen MR) is 111 cm³/mol. The molecule has 4 rings (SSSR count). The van der Waals surface area contributed by atoms with Gasteiger partial charge in [-0.25, -0.2) is 4.99 Å². The van der Waals surface area contributed by atoms with Crippen LogP contribution < -0.4 is 11.1 Å². The number of aryl methyl sites for hydroxylation is 2. The maximum Gasteiger partial charge on any atom is 0.193 e. The molecule has 25 heavy (non-hydrogen) atoms. The summed E-state index contributed by atoms with van der Waals surface area (Å²) >= 11 is 0. The molecule has 0 spiro atoms. The average molecular weight is 452 g/mol. The molecule has 1 aromatic heterocycles. The molecule has 2 aliphatic carbocycles. The number of rotatable bonds is 3. The van der Waals surface area contributed by atoms with E-state index in [2.05, 4.69) is 33.7 Å². The molecule has 6 heteroatoms. The zero-order valence-electron chi connectivity index (χ0n) is 14.4. The number of aromatic nitrogens is 1. The first-order valence-electron chi connectivity index (χ1n) is 8.95. The van der Waals surface area contributed by atoms with E-state index in [-0.39, 0.29) is 24.0 Å². The van der Waals surface area contributed by atoms with Gasteiger partial charge >= 0.3 is 0 Å². The van der Waals surface area contributed by atoms with Crippen LogP contribution in [0.1, 0.15) is 53.8 Å². The van der Waals surface area contributed by atoms with Crippen molar-refractivity contribution >= 4 is 35.6 Å². The second kappa shape index (κ2) is 8.21. The average Bonchev–Trinajstić information content (AvgIpc) is 3.04. The summed E-state index contributed by atoms with van der Waals surface area (Å²) in [7, 11) is 0. The van der Waals surface area contributed by atoms with Crippen LogP contribution >= 0.6 is 24.0 Å². The monoisotopic (exact) mass is 452 g/mol. The Hall–Kier alpha value is -1.57. The van der Waals surface area contributed by atoms with E-state index in [0.717, 1.165) is 42.8 Å². The number of benzene rings is 1. The fourth-order valence-corrected chi connectivity index (χ4v) is 3.81. The highest BCUT2D eigenvalue weighted by atomic mass is 127. The third kappa shape index (κ3) is 3.99. The van der Waals surface area contributed by atoms with Crippen LogP contribution in [-0.4, -0.2) is 11.1 Å². The van der Waals surface area contributed by atoms with Gasteiger partial charge in [-0.2, -0.15) is 0 Å². The molecule has 2 aromatic rings. The Kier molecular flexibility index (Phi) is 5.98. The lowest BCUT2D eigenvalue weighted by molar-refractivity contribution is 0.368. The highest BCUT2D eigenvalue weighted by molar-refractivity contribution is 14.0. The van der Waals surface area contributed by atoms with Crippen LogP contribution in [0.4, 0.5) is 5.69 Å². The van der Waals surface area contributed by atoms with Crippen LogP contribution in [0.5, 0.6) is 0 Å². The lowest BCUT2D eigenvalue weighted by Crippen LogP contribution is -2.24. The fourth-order valence-electron chi connectivity index (χ4n) is 3.81. The maximum absolute atomic E-state index is 6.11. The van der Waals surface area contributed by atoms with Gasteiger partial charge in [0.05, 0.1) is 6.54 Å². The smallest absolute Gasteiger partial charge is 0.193 e. The van der Waals surface area contributed by atoms with E-state index in [4.69, 9.17) is 10.3 Å². The first-order valence-corrected chi connectivity index (χ1v) is 8.95. The van der Waals surface area contributed by atoms with Crippen molar-refractivity contribution in [1.82, 2.24) is 5.16 Å². The van der Waals surface area contributed by atoms with Gasteiger partial charge in [-0.15, -0.1) is 24.0 Å². The molecule has 5 nitrogen and oxygen atoms in total. The number of nitrogens with two attached hydrogens (primary N) is 1. The predicted octanol–water partition coefficient (Wildman–Crippen LogP) is 3.98. The van der Waals surface area contributed by atoms with Crippen LogP contribution in [0.15, 0.2) is 27.7 Å². The Balaban J connectivity index is 0.00000182. The summed E-state index contributed by atoms with van der Waals surface area (Å²) in [6.07, 6.45) is 9.22. The van der Waals surface area contributed by atoms with E-state index < -0.39 is 0 Å². The van der Waals surface area contributed by atoms with Crippen molar-refractivity contribution in [1.29, 1.82) is 0 Å². The number of hydrogen-bond acceptors (Lipinski definition) is 3. The molecular weight excluding hydrogens is 427 g/mol. The Morgan fingerprint density at radius 2 is 1.84 bits per heavy atom. The van der Waals surface area contributed by atoms with Gasteiger partial charge < -0.3 is 15.6 Å². The van der Waals surface area contributed by atoms with E-state index in [1.807, 2.05) is 0 Å². The van der Waals surface area contributed by atoms with Gasteiger partial charge in [0.1, 0.15) is 11.5 Å². The highest BCUT2D eigenvalue weighted by Gasteiger charge is 2.19. The Labute approximate surface area is 165 Å². The lowest BCUT2D eigenvalue weighted by Gasteiger charge is -2.19. The zero-order valence-corrected chi connectivity index (χ0v) is 16.7. The number of anilines is 1. The summed E-state index contributed by atoms with van der Waals surface area (Å²) in [6.45, 7) is 0.479. The summed E-state index contributed by atoms with van der Waals surface area (Å²) in [5.74, 6) is 1.48. The van der Waals surface area contributed by atoms with Crippen LogP contribution in [0.25, 0.3) is 0 Å². The van der Waals surface area contributed by atoms with Gasteiger partial charge in [-0.05, 0) is 62.1 Å². The van der Waals surface area contributed by atoms with E-state index >= 15 is 0 Å². The fraction of sp³-hybridized carbons (Fsp3) is 0.474. The first-order chi connectivity index (χ1) is 11.8. The minimum absolute atomic E-state index is 0. The Bertz CT molecular complexity index is 769. The van der Waals surface area contributed by atoms with Crippen LogP contribution in [-0.2, 0) is 32.2 Å². The van der Waals surface area contributed by atoms with Crippen molar-refractivity contribution in [3.63, 3.8) is 0 Å². The van der Waals surface area contributed by atoms with Crippen LogP contribution in [0.2, 0.25) is 0 Å². The van der Waals surface area contributed by atoms with E-state index in [1.165, 1.54) is 42.4 Å². The molecule has 0 radical (unpaired) electrons. The number of fused-ring (bicyclic) bond motifs is 2. The van der Waals surface area contributed by atoms with Gasteiger partial charge in [0, 0.05) is 17.7 Å². The lowest BCUT2D eigenvalue weighted by atomic mass is 9.90. The number of hydrogen-bond donors (Lipinski definition) is 2. The topological polar surface area (TPSA) is 76.4 Å². The zero-order chi connectivity index (χ0) is 16.4. The van der Waals surface area contributed by atoms with Crippen LogP contribution in [0.3, 0.4) is 0 Å². The van der Waals surface area contributed by atoms with Gasteiger partial charge in [0.15, 0.2) is 5.96 Å². The van der Waals surface area contributed by atoms with Crippen molar-refractivity contribution in [3.05, 3.63) is 46.3 Å². The summed E-state index contributed by atoms with van der Waals surface area (Å²) < 4.78 is 5.43. The third-order valence-corrected chi connectivity index (χ3v) is 5.09. The molecule has 0 atom stereocenters. The van der Waals surface area contributed by atoms with Crippen LogP contribution in [0, 0.1) is 0 Å². The van der Waals surface area contributed by atoms with Crippen molar-refractivity contribution in [2.45, 2.75) is 57.9 Å². The molecule has 1 heterocycles. The van der Waals surface area contributed by atoms with E-state index in [0.29, 0.717) is 12.5 Å². The van der Waals surface area contributed by atoms with E-state index in [9.17, 15) is 0 Å². The summed E-state index contributed by atoms with van der Waals surface area (Å²) in [5, 5.41) is 7.46. The molecule has 134 valence electrons. The molecule has 0 aliphatic heterocycles.